The summed E-state index contributed by atoms with van der Waals surface area (Å²) in [5.41, 5.74) is 11.1. The average molecular weight is 270 g/mol. The highest BCUT2D eigenvalue weighted by atomic mass is 32.1. The van der Waals surface area contributed by atoms with Gasteiger partial charge in [-0.05, 0) is 12.3 Å². The largest absolute Gasteiger partial charge is 0.374 e. The van der Waals surface area contributed by atoms with Gasteiger partial charge in [0, 0.05) is 12.8 Å². The van der Waals surface area contributed by atoms with Crippen molar-refractivity contribution in [3.8, 4) is 0 Å². The highest BCUT2D eigenvalue weighted by molar-refractivity contribution is 7.15. The monoisotopic (exact) mass is 270 g/mol. The number of aryl methyl sites for hydroxylation is 1. The third-order valence-corrected chi connectivity index (χ3v) is 3.93. The lowest BCUT2D eigenvalue weighted by Crippen LogP contribution is -2.01. The Labute approximate surface area is 107 Å². The van der Waals surface area contributed by atoms with Gasteiger partial charge in [-0.1, -0.05) is 29.6 Å². The van der Waals surface area contributed by atoms with Crippen LogP contribution in [-0.2, 0) is 12.8 Å². The molecule has 0 saturated heterocycles. The van der Waals surface area contributed by atoms with E-state index in [-0.39, 0.29) is 0 Å². The highest BCUT2D eigenvalue weighted by Crippen LogP contribution is 2.20. The summed E-state index contributed by atoms with van der Waals surface area (Å²) >= 11 is 2.90. The minimum absolute atomic E-state index is 0.521. The molecule has 0 spiro atoms. The van der Waals surface area contributed by atoms with Crippen LogP contribution in [0.2, 0.25) is 0 Å². The van der Waals surface area contributed by atoms with Crippen molar-refractivity contribution in [3.63, 3.8) is 0 Å². The van der Waals surface area contributed by atoms with Crippen molar-refractivity contribution in [1.29, 1.82) is 0 Å². The van der Waals surface area contributed by atoms with Gasteiger partial charge in [0.25, 0.3) is 0 Å². The predicted molar refractivity (Wildman–Crippen MR) is 69.8 cm³/mol. The molecule has 0 unspecified atom stereocenters. The van der Waals surface area contributed by atoms with Gasteiger partial charge in [0.15, 0.2) is 0 Å². The van der Waals surface area contributed by atoms with Gasteiger partial charge in [-0.25, -0.2) is 0 Å². The van der Waals surface area contributed by atoms with E-state index in [0.29, 0.717) is 16.2 Å². The second-order valence-electron chi connectivity index (χ2n) is 3.92. The third-order valence-electron chi connectivity index (χ3n) is 2.34. The Morgan fingerprint density at radius 1 is 1.00 bits per heavy atom. The van der Waals surface area contributed by atoms with Gasteiger partial charge >= 0.3 is 0 Å². The lowest BCUT2D eigenvalue weighted by Gasteiger charge is -2.06. The van der Waals surface area contributed by atoms with Gasteiger partial charge in [0.05, 0.1) is 0 Å². The Hall–Kier alpha value is -1.28. The van der Waals surface area contributed by atoms with Gasteiger partial charge in [-0.2, -0.15) is 0 Å². The number of nitrogen functional groups attached to an aromatic ring is 2. The van der Waals surface area contributed by atoms with Crippen molar-refractivity contribution in [1.82, 2.24) is 20.4 Å². The van der Waals surface area contributed by atoms with Crippen LogP contribution in [-0.4, -0.2) is 20.4 Å². The van der Waals surface area contributed by atoms with Crippen LogP contribution in [0.1, 0.15) is 23.4 Å². The fourth-order valence-corrected chi connectivity index (χ4v) is 2.88. The second-order valence-corrected chi connectivity index (χ2v) is 6.10. The molecule has 4 N–H and O–H groups in total. The summed E-state index contributed by atoms with van der Waals surface area (Å²) in [6, 6.07) is 0. The molecule has 6 nitrogen and oxygen atoms in total. The zero-order chi connectivity index (χ0) is 12.3. The topological polar surface area (TPSA) is 104 Å². The van der Waals surface area contributed by atoms with Crippen molar-refractivity contribution in [2.75, 3.05) is 11.5 Å². The maximum atomic E-state index is 5.54. The highest BCUT2D eigenvalue weighted by Gasteiger charge is 2.10. The summed E-state index contributed by atoms with van der Waals surface area (Å²) in [6.45, 7) is 2.18. The van der Waals surface area contributed by atoms with E-state index in [2.05, 4.69) is 27.3 Å². The van der Waals surface area contributed by atoms with Crippen LogP contribution in [0.25, 0.3) is 0 Å². The zero-order valence-electron chi connectivity index (χ0n) is 9.46. The molecule has 0 radical (unpaired) electrons. The molecular weight excluding hydrogens is 256 g/mol. The number of anilines is 2. The first kappa shape index (κ1) is 12.2. The lowest BCUT2D eigenvalue weighted by molar-refractivity contribution is 0.525. The molecule has 2 aromatic rings. The maximum absolute atomic E-state index is 5.54. The molecular formula is C9H14N6S2. The first-order chi connectivity index (χ1) is 8.13. The lowest BCUT2D eigenvalue weighted by atomic mass is 10.0. The molecule has 92 valence electrons. The van der Waals surface area contributed by atoms with E-state index < -0.39 is 0 Å². The predicted octanol–water partition coefficient (Wildman–Crippen LogP) is 1.37. The Balaban J connectivity index is 1.79. The Kier molecular flexibility index (Phi) is 3.85. The number of aromatic nitrogens is 4. The average Bonchev–Trinajstić information content (AvgIpc) is 2.85. The summed E-state index contributed by atoms with van der Waals surface area (Å²) in [6.07, 6.45) is 2.85. The van der Waals surface area contributed by atoms with E-state index in [1.54, 1.807) is 0 Å². The van der Waals surface area contributed by atoms with E-state index in [9.17, 15) is 0 Å². The number of nitrogens with zero attached hydrogens (tertiary/aromatic N) is 4. The molecule has 0 aliphatic carbocycles. The van der Waals surface area contributed by atoms with Gasteiger partial charge in [0.1, 0.15) is 10.0 Å². The fourth-order valence-electron chi connectivity index (χ4n) is 1.49. The molecule has 17 heavy (non-hydrogen) atoms. The van der Waals surface area contributed by atoms with E-state index in [1.165, 1.54) is 22.7 Å². The van der Waals surface area contributed by atoms with Crippen molar-refractivity contribution < 1.29 is 0 Å². The van der Waals surface area contributed by atoms with Crippen molar-refractivity contribution in [3.05, 3.63) is 10.0 Å². The van der Waals surface area contributed by atoms with Gasteiger partial charge in [-0.15, -0.1) is 20.4 Å². The second kappa shape index (κ2) is 5.37. The summed E-state index contributed by atoms with van der Waals surface area (Å²) in [5.74, 6) is 0.521. The first-order valence-electron chi connectivity index (χ1n) is 5.29. The summed E-state index contributed by atoms with van der Waals surface area (Å²) in [4.78, 5) is 0. The standard InChI is InChI=1S/C9H14N6S2/c1-5(4-7-13-15-9(11)17-7)2-3-6-12-14-8(10)16-6/h5H,2-4H2,1H3,(H2,10,14)(H2,11,15)/t5-/m1/s1. The minimum atomic E-state index is 0.521. The fraction of sp³-hybridized carbons (Fsp3) is 0.556. The normalized spacial score (nSPS) is 12.8. The molecule has 2 heterocycles. The van der Waals surface area contributed by atoms with Crippen molar-refractivity contribution in [2.24, 2.45) is 5.92 Å². The van der Waals surface area contributed by atoms with Crippen LogP contribution >= 0.6 is 22.7 Å². The van der Waals surface area contributed by atoms with Crippen LogP contribution in [0.3, 0.4) is 0 Å². The molecule has 0 bridgehead atoms. The smallest absolute Gasteiger partial charge is 0.203 e. The van der Waals surface area contributed by atoms with E-state index >= 15 is 0 Å². The van der Waals surface area contributed by atoms with Crippen molar-refractivity contribution in [2.45, 2.75) is 26.2 Å². The third kappa shape index (κ3) is 3.60. The number of hydrogen-bond acceptors (Lipinski definition) is 8. The summed E-state index contributed by atoms with van der Waals surface area (Å²) < 4.78 is 0. The minimum Gasteiger partial charge on any atom is -0.374 e. The van der Waals surface area contributed by atoms with E-state index in [1.807, 2.05) is 0 Å². The van der Waals surface area contributed by atoms with Gasteiger partial charge in [-0.3, -0.25) is 0 Å². The molecule has 0 fully saturated rings. The Morgan fingerprint density at radius 3 is 2.12 bits per heavy atom. The summed E-state index contributed by atoms with van der Waals surface area (Å²) in [5, 5.41) is 18.6. The van der Waals surface area contributed by atoms with Crippen LogP contribution in [0.5, 0.6) is 0 Å². The molecule has 0 aromatic carbocycles. The SMILES string of the molecule is C[C@H](CCc1nnc(N)s1)Cc1nnc(N)s1. The Bertz CT molecular complexity index is 479. The molecule has 2 aromatic heterocycles. The molecule has 8 heteroatoms. The van der Waals surface area contributed by atoms with Crippen LogP contribution in [0.15, 0.2) is 0 Å². The molecule has 1 atom stereocenters. The quantitative estimate of drug-likeness (QED) is 0.850. The number of nitrogens with two attached hydrogens (primary N) is 2. The molecule has 2 rings (SSSR count). The molecule has 0 saturated carbocycles. The van der Waals surface area contributed by atoms with Crippen LogP contribution in [0, 0.1) is 5.92 Å². The summed E-state index contributed by atoms with van der Waals surface area (Å²) in [7, 11) is 0. The Morgan fingerprint density at radius 2 is 1.59 bits per heavy atom. The van der Waals surface area contributed by atoms with Crippen LogP contribution in [0.4, 0.5) is 10.3 Å². The van der Waals surface area contributed by atoms with E-state index in [0.717, 1.165) is 29.3 Å². The molecule has 0 aliphatic heterocycles. The molecule has 0 amide bonds. The first-order valence-corrected chi connectivity index (χ1v) is 6.92. The number of hydrogen-bond donors (Lipinski definition) is 2. The van der Waals surface area contributed by atoms with E-state index in [4.69, 9.17) is 11.5 Å². The number of rotatable bonds is 5. The van der Waals surface area contributed by atoms with Crippen molar-refractivity contribution >= 4 is 32.9 Å². The van der Waals surface area contributed by atoms with Crippen LogP contribution < -0.4 is 11.5 Å². The zero-order valence-corrected chi connectivity index (χ0v) is 11.1. The molecule has 0 aliphatic rings. The van der Waals surface area contributed by atoms with Gasteiger partial charge in [0.2, 0.25) is 10.3 Å². The maximum Gasteiger partial charge on any atom is 0.203 e. The van der Waals surface area contributed by atoms with Gasteiger partial charge < -0.3 is 11.5 Å².